The number of aliphatic hydroxyl groups is 1. The van der Waals surface area contributed by atoms with E-state index < -0.39 is 11.7 Å². The molecule has 0 saturated carbocycles. The van der Waals surface area contributed by atoms with Gasteiger partial charge in [0.1, 0.15) is 5.01 Å². The molecule has 3 nitrogen and oxygen atoms in total. The summed E-state index contributed by atoms with van der Waals surface area (Å²) in [4.78, 5) is 6.75. The number of hydrogen-bond acceptors (Lipinski definition) is 4. The maximum atomic E-state index is 12.6. The SMILES string of the molecule is OC1CCN(Cc2csc(-c3ccc(C(F)(F)F)cc3)n2)CC1. The normalized spacial score (nSPS) is 17.6. The second-order valence-electron chi connectivity index (χ2n) is 5.73. The van der Waals surface area contributed by atoms with Crippen molar-refractivity contribution in [3.05, 3.63) is 40.9 Å². The quantitative estimate of drug-likeness (QED) is 0.922. The summed E-state index contributed by atoms with van der Waals surface area (Å²) in [5.41, 5.74) is 0.967. The Hall–Kier alpha value is -1.44. The summed E-state index contributed by atoms with van der Waals surface area (Å²) in [6.07, 6.45) is -2.97. The van der Waals surface area contributed by atoms with Gasteiger partial charge in [0.25, 0.3) is 0 Å². The topological polar surface area (TPSA) is 36.4 Å². The summed E-state index contributed by atoms with van der Waals surface area (Å²) in [5, 5.41) is 12.2. The molecule has 1 saturated heterocycles. The van der Waals surface area contributed by atoms with Crippen molar-refractivity contribution in [2.75, 3.05) is 13.1 Å². The van der Waals surface area contributed by atoms with Crippen LogP contribution in [0, 0.1) is 0 Å². The molecule has 2 heterocycles. The average molecular weight is 342 g/mol. The van der Waals surface area contributed by atoms with E-state index in [9.17, 15) is 18.3 Å². The lowest BCUT2D eigenvalue weighted by Crippen LogP contribution is -2.35. The van der Waals surface area contributed by atoms with Crippen LogP contribution < -0.4 is 0 Å². The van der Waals surface area contributed by atoms with Crippen LogP contribution in [0.25, 0.3) is 10.6 Å². The van der Waals surface area contributed by atoms with Crippen LogP contribution in [0.4, 0.5) is 13.2 Å². The molecule has 7 heteroatoms. The molecule has 1 N–H and O–H groups in total. The van der Waals surface area contributed by atoms with Crippen molar-refractivity contribution < 1.29 is 18.3 Å². The predicted octanol–water partition coefficient (Wildman–Crippen LogP) is 3.79. The average Bonchev–Trinajstić information content (AvgIpc) is 2.97. The minimum absolute atomic E-state index is 0.204. The number of halogens is 3. The van der Waals surface area contributed by atoms with Crippen molar-refractivity contribution in [1.29, 1.82) is 0 Å². The van der Waals surface area contributed by atoms with Gasteiger partial charge in [-0.25, -0.2) is 4.98 Å². The first kappa shape index (κ1) is 16.4. The third-order valence-electron chi connectivity index (χ3n) is 3.95. The lowest BCUT2D eigenvalue weighted by Gasteiger charge is -2.28. The second kappa shape index (κ2) is 6.59. The molecule has 0 atom stereocenters. The molecule has 0 radical (unpaired) electrons. The molecular weight excluding hydrogens is 325 g/mol. The molecular formula is C16H17F3N2OS. The van der Waals surface area contributed by atoms with E-state index in [0.29, 0.717) is 12.1 Å². The number of aliphatic hydroxyl groups excluding tert-OH is 1. The molecule has 23 heavy (non-hydrogen) atoms. The van der Waals surface area contributed by atoms with Crippen LogP contribution in [0.1, 0.15) is 24.1 Å². The van der Waals surface area contributed by atoms with E-state index in [4.69, 9.17) is 0 Å². The second-order valence-corrected chi connectivity index (χ2v) is 6.58. The molecule has 0 spiro atoms. The Labute approximate surface area is 136 Å². The van der Waals surface area contributed by atoms with Gasteiger partial charge in [0.2, 0.25) is 0 Å². The fourth-order valence-corrected chi connectivity index (χ4v) is 3.44. The number of likely N-dealkylation sites (tertiary alicyclic amines) is 1. The van der Waals surface area contributed by atoms with Crippen molar-refractivity contribution in [2.24, 2.45) is 0 Å². The Kier molecular flexibility index (Phi) is 4.70. The van der Waals surface area contributed by atoms with Crippen molar-refractivity contribution in [1.82, 2.24) is 9.88 Å². The van der Waals surface area contributed by atoms with Crippen molar-refractivity contribution >= 4 is 11.3 Å². The highest BCUT2D eigenvalue weighted by Gasteiger charge is 2.30. The smallest absolute Gasteiger partial charge is 0.393 e. The maximum Gasteiger partial charge on any atom is 0.416 e. The highest BCUT2D eigenvalue weighted by Crippen LogP contribution is 2.32. The number of nitrogens with zero attached hydrogens (tertiary/aromatic N) is 2. The molecule has 0 amide bonds. The zero-order chi connectivity index (χ0) is 16.4. The zero-order valence-corrected chi connectivity index (χ0v) is 13.2. The van der Waals surface area contributed by atoms with Gasteiger partial charge in [0.05, 0.1) is 17.4 Å². The minimum Gasteiger partial charge on any atom is -0.393 e. The van der Waals surface area contributed by atoms with Gasteiger partial charge in [-0.05, 0) is 25.0 Å². The molecule has 1 aliphatic heterocycles. The third kappa shape index (κ3) is 4.10. The number of aromatic nitrogens is 1. The lowest BCUT2D eigenvalue weighted by molar-refractivity contribution is -0.137. The summed E-state index contributed by atoms with van der Waals surface area (Å²) < 4.78 is 37.7. The van der Waals surface area contributed by atoms with Gasteiger partial charge in [0, 0.05) is 30.6 Å². The van der Waals surface area contributed by atoms with Gasteiger partial charge in [-0.2, -0.15) is 13.2 Å². The number of piperidine rings is 1. The molecule has 0 aliphatic carbocycles. The molecule has 1 aromatic carbocycles. The Morgan fingerprint density at radius 3 is 2.43 bits per heavy atom. The van der Waals surface area contributed by atoms with Gasteiger partial charge in [-0.15, -0.1) is 11.3 Å². The first-order chi connectivity index (χ1) is 10.9. The van der Waals surface area contributed by atoms with E-state index in [1.165, 1.54) is 23.5 Å². The summed E-state index contributed by atoms with van der Waals surface area (Å²) >= 11 is 1.44. The van der Waals surface area contributed by atoms with Crippen molar-refractivity contribution in [3.8, 4) is 10.6 Å². The Morgan fingerprint density at radius 1 is 1.17 bits per heavy atom. The number of thiazole rings is 1. The summed E-state index contributed by atoms with van der Waals surface area (Å²) in [6, 6.07) is 5.09. The number of alkyl halides is 3. The van der Waals surface area contributed by atoms with Gasteiger partial charge >= 0.3 is 6.18 Å². The molecule has 2 aromatic rings. The van der Waals surface area contributed by atoms with Crippen LogP contribution in [0.5, 0.6) is 0 Å². The van der Waals surface area contributed by atoms with E-state index in [-0.39, 0.29) is 6.10 Å². The van der Waals surface area contributed by atoms with E-state index >= 15 is 0 Å². The van der Waals surface area contributed by atoms with Gasteiger partial charge < -0.3 is 5.11 Å². The first-order valence-corrected chi connectivity index (χ1v) is 8.32. The number of rotatable bonds is 3. The Morgan fingerprint density at radius 2 is 1.83 bits per heavy atom. The number of hydrogen-bond donors (Lipinski definition) is 1. The highest BCUT2D eigenvalue weighted by molar-refractivity contribution is 7.13. The van der Waals surface area contributed by atoms with Crippen LogP contribution in [0.2, 0.25) is 0 Å². The van der Waals surface area contributed by atoms with Crippen LogP contribution >= 0.6 is 11.3 Å². The van der Waals surface area contributed by atoms with E-state index in [2.05, 4.69) is 9.88 Å². The molecule has 3 rings (SSSR count). The standard InChI is InChI=1S/C16H17F3N2OS/c17-16(18,19)12-3-1-11(2-4-12)15-20-13(10-23-15)9-21-7-5-14(22)6-8-21/h1-4,10,14,22H,5-9H2. The predicted molar refractivity (Wildman–Crippen MR) is 83.1 cm³/mol. The fourth-order valence-electron chi connectivity index (χ4n) is 2.62. The van der Waals surface area contributed by atoms with Crippen LogP contribution in [-0.2, 0) is 12.7 Å². The minimum atomic E-state index is -4.31. The van der Waals surface area contributed by atoms with Crippen LogP contribution in [-0.4, -0.2) is 34.2 Å². The Bertz CT molecular complexity index is 646. The number of benzene rings is 1. The maximum absolute atomic E-state index is 12.6. The first-order valence-electron chi connectivity index (χ1n) is 7.44. The third-order valence-corrected chi connectivity index (χ3v) is 4.89. The van der Waals surface area contributed by atoms with Crippen molar-refractivity contribution in [3.63, 3.8) is 0 Å². The van der Waals surface area contributed by atoms with Crippen LogP contribution in [0.15, 0.2) is 29.6 Å². The molecule has 1 fully saturated rings. The van der Waals surface area contributed by atoms with E-state index in [0.717, 1.165) is 48.8 Å². The zero-order valence-electron chi connectivity index (χ0n) is 12.4. The molecule has 1 aromatic heterocycles. The molecule has 124 valence electrons. The highest BCUT2D eigenvalue weighted by atomic mass is 32.1. The van der Waals surface area contributed by atoms with Gasteiger partial charge in [-0.1, -0.05) is 12.1 Å². The van der Waals surface area contributed by atoms with Crippen LogP contribution in [0.3, 0.4) is 0 Å². The van der Waals surface area contributed by atoms with Gasteiger partial charge in [-0.3, -0.25) is 4.90 Å². The summed E-state index contributed by atoms with van der Waals surface area (Å²) in [7, 11) is 0. The largest absolute Gasteiger partial charge is 0.416 e. The van der Waals surface area contributed by atoms with E-state index in [1.807, 2.05) is 5.38 Å². The van der Waals surface area contributed by atoms with E-state index in [1.54, 1.807) is 0 Å². The lowest BCUT2D eigenvalue weighted by atomic mass is 10.1. The summed E-state index contributed by atoms with van der Waals surface area (Å²) in [6.45, 7) is 2.40. The van der Waals surface area contributed by atoms with Gasteiger partial charge in [0.15, 0.2) is 0 Å². The fraction of sp³-hybridized carbons (Fsp3) is 0.438. The monoisotopic (exact) mass is 342 g/mol. The summed E-state index contributed by atoms with van der Waals surface area (Å²) in [5.74, 6) is 0. The molecule has 0 unspecified atom stereocenters. The molecule has 0 bridgehead atoms. The Balaban J connectivity index is 1.67. The van der Waals surface area contributed by atoms with Crippen molar-refractivity contribution in [2.45, 2.75) is 31.7 Å². The molecule has 1 aliphatic rings.